The first-order valence-corrected chi connectivity index (χ1v) is 5.68. The molecule has 0 aromatic carbocycles. The number of hydrogen-bond acceptors (Lipinski definition) is 4. The van der Waals surface area contributed by atoms with E-state index >= 15 is 0 Å². The minimum atomic E-state index is -4.10. The Kier molecular flexibility index (Phi) is 2.38. The molecule has 0 aliphatic carbocycles. The van der Waals surface area contributed by atoms with Crippen molar-refractivity contribution in [1.82, 2.24) is 8.75 Å². The smallest absolute Gasteiger partial charge is 0.254 e. The monoisotopic (exact) mass is 421 g/mol. The zero-order valence-corrected chi connectivity index (χ0v) is 12.8. The Labute approximate surface area is 164 Å². The molecule has 0 aliphatic rings. The van der Waals surface area contributed by atoms with Gasteiger partial charge in [0.2, 0.25) is 0 Å². The highest BCUT2D eigenvalue weighted by Gasteiger charge is 2.14. The summed E-state index contributed by atoms with van der Waals surface area (Å²) >= 11 is 0.480. The molecule has 2 rings (SSSR count). The molecule has 2 heterocycles. The van der Waals surface area contributed by atoms with Gasteiger partial charge in [0.05, 0.1) is 26.6 Å². The van der Waals surface area contributed by atoms with Crippen molar-refractivity contribution in [1.29, 1.82) is 0 Å². The van der Waals surface area contributed by atoms with E-state index < -0.39 is 51.8 Å². The van der Waals surface area contributed by atoms with Gasteiger partial charge in [-0.15, -0.1) is 4.37 Å². The van der Waals surface area contributed by atoms with Crippen LogP contribution in [0.2, 0.25) is 0 Å². The Hall–Kier alpha value is -0.760. The Morgan fingerprint density at radius 3 is 3.20 bits per heavy atom. The SMILES string of the molecule is [2H]C([2H])([2H])[n+]1cccc(-c2nsnc2OC([2H])([2H])C([2H])([2H])C([2H])([2H])C([2H])([2H])C([2H])([2H])C([2H])([2H])[2H])c1.[I-]. The molecule has 0 unspecified atom stereocenters. The highest BCUT2D eigenvalue weighted by molar-refractivity contribution is 6.99. The Bertz CT molecular complexity index is 1070. The maximum atomic E-state index is 8.04. The van der Waals surface area contributed by atoms with Crippen LogP contribution in [0.5, 0.6) is 5.88 Å². The van der Waals surface area contributed by atoms with Gasteiger partial charge < -0.3 is 28.7 Å². The van der Waals surface area contributed by atoms with E-state index in [1.807, 2.05) is 0 Å². The molecule has 0 fully saturated rings. The van der Waals surface area contributed by atoms with Gasteiger partial charge in [-0.25, -0.2) is 4.57 Å². The molecule has 0 saturated carbocycles. The summed E-state index contributed by atoms with van der Waals surface area (Å²) in [7, 11) is 0. The highest BCUT2D eigenvalue weighted by Crippen LogP contribution is 2.26. The van der Waals surface area contributed by atoms with Gasteiger partial charge in [0.25, 0.3) is 5.88 Å². The number of hydrogen-bond donors (Lipinski definition) is 0. The number of rotatable bonds is 7. The fourth-order valence-electron chi connectivity index (χ4n) is 1.20. The van der Waals surface area contributed by atoms with Crippen LogP contribution in [0.3, 0.4) is 0 Å². The van der Waals surface area contributed by atoms with Gasteiger partial charge in [0.15, 0.2) is 18.1 Å². The van der Waals surface area contributed by atoms with Crippen molar-refractivity contribution in [3.05, 3.63) is 24.5 Å². The highest BCUT2D eigenvalue weighted by atomic mass is 127. The average molecular weight is 421 g/mol. The number of ether oxygens (including phenoxy) is 1. The summed E-state index contributed by atoms with van der Waals surface area (Å²) in [5.74, 6) is -0.678. The van der Waals surface area contributed by atoms with Gasteiger partial charge in [-0.3, -0.25) is 0 Å². The van der Waals surface area contributed by atoms with Crippen LogP contribution in [0.1, 0.15) is 54.3 Å². The molecule has 2 aromatic rings. The third kappa shape index (κ3) is 4.97. The second-order valence-electron chi connectivity index (χ2n) is 3.12. The molecular formula is C14H20IN3OS. The average Bonchev–Trinajstić information content (AvgIpc) is 3.13. The van der Waals surface area contributed by atoms with Crippen LogP contribution in [0.25, 0.3) is 11.3 Å². The van der Waals surface area contributed by atoms with Crippen molar-refractivity contribution >= 4 is 11.7 Å². The standard InChI is InChI=1S/C14H20N3OS.HI/c1-3-4-5-6-10-18-14-13(15-19-16-14)12-8-7-9-17(2)11-12;/h7-9,11H,3-6,10H2,1-2H3;1H/q+1;/p-1/i1D3,2D3,3D2,4D2,5D2,6D2,10D2;. The first-order valence-electron chi connectivity index (χ1n) is 13.0. The second-order valence-corrected chi connectivity index (χ2v) is 3.65. The minimum absolute atomic E-state index is 0. The van der Waals surface area contributed by atoms with Crippen LogP contribution in [0, 0.1) is 0 Å². The summed E-state index contributed by atoms with van der Waals surface area (Å²) in [5.41, 5.74) is -0.157. The molecule has 0 spiro atoms. The minimum Gasteiger partial charge on any atom is -1.00 e. The van der Waals surface area contributed by atoms with E-state index in [9.17, 15) is 0 Å². The van der Waals surface area contributed by atoms with Crippen molar-refractivity contribution in [2.75, 3.05) is 6.56 Å². The van der Waals surface area contributed by atoms with Gasteiger partial charge >= 0.3 is 0 Å². The Morgan fingerprint density at radius 1 is 1.40 bits per heavy atom. The lowest BCUT2D eigenvalue weighted by atomic mass is 10.2. The summed E-state index contributed by atoms with van der Waals surface area (Å²) in [6.45, 7) is -10.0. The maximum Gasteiger partial charge on any atom is 0.254 e. The third-order valence-electron chi connectivity index (χ3n) is 1.92. The quantitative estimate of drug-likeness (QED) is 0.467. The van der Waals surface area contributed by atoms with E-state index in [1.165, 1.54) is 18.3 Å². The summed E-state index contributed by atoms with van der Waals surface area (Å²) in [6.07, 6.45) is -13.7. The van der Waals surface area contributed by atoms with Crippen LogP contribution in [0.4, 0.5) is 0 Å². The van der Waals surface area contributed by atoms with Crippen molar-refractivity contribution in [3.8, 4) is 17.1 Å². The van der Waals surface area contributed by atoms with Crippen LogP contribution in [0.15, 0.2) is 24.5 Å². The molecule has 0 bridgehead atoms. The van der Waals surface area contributed by atoms with E-state index in [2.05, 4.69) is 8.75 Å². The molecular weight excluding hydrogens is 385 g/mol. The molecule has 0 aliphatic heterocycles. The largest absolute Gasteiger partial charge is 1.00 e. The van der Waals surface area contributed by atoms with Crippen LogP contribution >= 0.6 is 11.7 Å². The maximum absolute atomic E-state index is 8.04. The van der Waals surface area contributed by atoms with Crippen LogP contribution in [-0.4, -0.2) is 15.3 Å². The van der Waals surface area contributed by atoms with Crippen LogP contribution in [-0.2, 0) is 6.98 Å². The number of nitrogens with zero attached hydrogens (tertiary/aromatic N) is 3. The molecule has 0 saturated heterocycles. The van der Waals surface area contributed by atoms with Gasteiger partial charge in [-0.1, -0.05) is 26.0 Å². The molecule has 0 radical (unpaired) electrons. The predicted molar refractivity (Wildman–Crippen MR) is 76.2 cm³/mol. The van der Waals surface area contributed by atoms with Crippen molar-refractivity contribution in [2.45, 2.75) is 32.3 Å². The molecule has 6 heteroatoms. The molecule has 4 nitrogen and oxygen atoms in total. The molecule has 20 heavy (non-hydrogen) atoms. The van der Waals surface area contributed by atoms with Crippen molar-refractivity contribution in [3.63, 3.8) is 0 Å². The van der Waals surface area contributed by atoms with Gasteiger partial charge in [0.1, 0.15) is 11.1 Å². The topological polar surface area (TPSA) is 38.9 Å². The van der Waals surface area contributed by atoms with E-state index in [4.69, 9.17) is 26.7 Å². The molecule has 2 aromatic heterocycles. The van der Waals surface area contributed by atoms with E-state index in [-0.39, 0.29) is 35.2 Å². The molecule has 0 N–H and O–H groups in total. The molecule has 0 amide bonds. The van der Waals surface area contributed by atoms with Crippen LogP contribution < -0.4 is 33.3 Å². The van der Waals surface area contributed by atoms with E-state index in [0.717, 1.165) is 10.8 Å². The second kappa shape index (κ2) is 9.23. The third-order valence-corrected chi connectivity index (χ3v) is 2.43. The first kappa shape index (κ1) is 5.15. The summed E-state index contributed by atoms with van der Waals surface area (Å²) in [6, 6.07) is 2.71. The lowest BCUT2D eigenvalue weighted by Gasteiger charge is -2.04. The Morgan fingerprint density at radius 2 is 2.35 bits per heavy atom. The van der Waals surface area contributed by atoms with E-state index in [0.29, 0.717) is 11.7 Å². The van der Waals surface area contributed by atoms with Gasteiger partial charge in [-0.05, 0) is 12.4 Å². The summed E-state index contributed by atoms with van der Waals surface area (Å²) < 4.78 is 136. The lowest BCUT2D eigenvalue weighted by molar-refractivity contribution is -0.671. The summed E-state index contributed by atoms with van der Waals surface area (Å²) in [4.78, 5) is 0. The Balaban J connectivity index is 0.00000648. The van der Waals surface area contributed by atoms with Gasteiger partial charge in [-0.2, -0.15) is 4.37 Å². The van der Waals surface area contributed by atoms with Gasteiger partial charge in [0, 0.05) is 21.1 Å². The molecule has 110 valence electrons. The zero-order chi connectivity index (χ0) is 27.5. The number of aryl methyl sites for hydroxylation is 1. The number of pyridine rings is 1. The number of aromatic nitrogens is 3. The fourth-order valence-corrected chi connectivity index (χ4v) is 1.70. The first-order chi connectivity index (χ1) is 15.4. The number of halogens is 1. The normalized spacial score (nSPS) is 26.8. The van der Waals surface area contributed by atoms with E-state index in [1.54, 1.807) is 0 Å². The predicted octanol–water partition coefficient (Wildman–Crippen LogP) is -0.00730. The summed E-state index contributed by atoms with van der Waals surface area (Å²) in [5, 5.41) is 0. The fraction of sp³-hybridized carbons (Fsp3) is 0.500. The van der Waals surface area contributed by atoms with Crippen molar-refractivity contribution < 1.29 is 55.2 Å². The van der Waals surface area contributed by atoms with Crippen molar-refractivity contribution in [2.24, 2.45) is 6.98 Å². The molecule has 0 atom stereocenters. The lowest BCUT2D eigenvalue weighted by Crippen LogP contribution is -3.00. The zero-order valence-electron chi connectivity index (χ0n) is 25.8.